The largest absolute Gasteiger partial charge is 0.490 e. The molecule has 2 aromatic rings. The average molecular weight is 489 g/mol. The monoisotopic (exact) mass is 488 g/mol. The van der Waals surface area contributed by atoms with Gasteiger partial charge in [-0.3, -0.25) is 0 Å². The summed E-state index contributed by atoms with van der Waals surface area (Å²) in [6, 6.07) is 8.46. The molecule has 0 aliphatic heterocycles. The van der Waals surface area contributed by atoms with Crippen molar-refractivity contribution in [3.63, 3.8) is 0 Å². The second-order valence-corrected chi connectivity index (χ2v) is 9.73. The molecule has 0 N–H and O–H groups in total. The lowest BCUT2D eigenvalue weighted by molar-refractivity contribution is 0.176. The van der Waals surface area contributed by atoms with Crippen molar-refractivity contribution in [2.45, 2.75) is 123 Å². The van der Waals surface area contributed by atoms with Crippen LogP contribution in [0.2, 0.25) is 0 Å². The molecule has 35 heavy (non-hydrogen) atoms. The van der Waals surface area contributed by atoms with Crippen LogP contribution in [0.3, 0.4) is 0 Å². The van der Waals surface area contributed by atoms with Gasteiger partial charge in [0.25, 0.3) is 0 Å². The van der Waals surface area contributed by atoms with E-state index < -0.39 is 12.3 Å². The van der Waals surface area contributed by atoms with E-state index in [1.54, 1.807) is 12.4 Å². The third kappa shape index (κ3) is 13.0. The summed E-state index contributed by atoms with van der Waals surface area (Å²) < 4.78 is 32.9. The Bertz CT molecular complexity index is 767. The van der Waals surface area contributed by atoms with Crippen molar-refractivity contribution in [2.75, 3.05) is 6.61 Å². The van der Waals surface area contributed by atoms with Gasteiger partial charge in [0.05, 0.1) is 19.0 Å². The molecule has 0 amide bonds. The lowest BCUT2D eigenvalue weighted by Crippen LogP contribution is -2.13. The predicted molar refractivity (Wildman–Crippen MR) is 142 cm³/mol. The molecule has 1 heterocycles. The summed E-state index contributed by atoms with van der Waals surface area (Å²) in [6.45, 7) is 4.36. The van der Waals surface area contributed by atoms with E-state index in [4.69, 9.17) is 4.74 Å². The van der Waals surface area contributed by atoms with E-state index in [1.807, 2.05) is 6.92 Å². The van der Waals surface area contributed by atoms with Crippen molar-refractivity contribution in [1.82, 2.24) is 9.97 Å². The van der Waals surface area contributed by atoms with Gasteiger partial charge in [-0.15, -0.1) is 0 Å². The van der Waals surface area contributed by atoms with Crippen LogP contribution in [-0.4, -0.2) is 28.9 Å². The molecule has 0 bridgehead atoms. The predicted octanol–water partition coefficient (Wildman–Crippen LogP) is 9.24. The quantitative estimate of drug-likeness (QED) is 0.174. The van der Waals surface area contributed by atoms with Crippen LogP contribution >= 0.6 is 0 Å². The second-order valence-electron chi connectivity index (χ2n) is 9.73. The minimum atomic E-state index is -1.18. The average Bonchev–Trinajstić information content (AvgIpc) is 2.86. The fraction of sp³-hybridized carbons (Fsp3) is 0.667. The molecule has 0 saturated heterocycles. The topological polar surface area (TPSA) is 35.0 Å². The van der Waals surface area contributed by atoms with E-state index in [-0.39, 0.29) is 19.4 Å². The van der Waals surface area contributed by atoms with Crippen molar-refractivity contribution in [3.8, 4) is 17.1 Å². The van der Waals surface area contributed by atoms with E-state index in [0.29, 0.717) is 18.0 Å². The lowest BCUT2D eigenvalue weighted by atomic mass is 10.0. The summed E-state index contributed by atoms with van der Waals surface area (Å²) >= 11 is 0. The molecule has 196 valence electrons. The first-order valence-corrected chi connectivity index (χ1v) is 13.9. The lowest BCUT2D eigenvalue weighted by Gasteiger charge is -2.12. The van der Waals surface area contributed by atoms with Gasteiger partial charge < -0.3 is 4.74 Å². The first-order valence-electron chi connectivity index (χ1n) is 13.9. The van der Waals surface area contributed by atoms with E-state index in [0.717, 1.165) is 18.4 Å². The molecule has 0 aliphatic carbocycles. The van der Waals surface area contributed by atoms with Gasteiger partial charge >= 0.3 is 0 Å². The van der Waals surface area contributed by atoms with E-state index in [2.05, 4.69) is 41.2 Å². The molecule has 2 atom stereocenters. The number of rotatable bonds is 20. The fourth-order valence-electron chi connectivity index (χ4n) is 4.31. The van der Waals surface area contributed by atoms with Crippen LogP contribution < -0.4 is 4.74 Å². The van der Waals surface area contributed by atoms with E-state index >= 15 is 0 Å². The zero-order valence-corrected chi connectivity index (χ0v) is 22.0. The summed E-state index contributed by atoms with van der Waals surface area (Å²) in [4.78, 5) is 8.77. The number of aromatic nitrogens is 2. The van der Waals surface area contributed by atoms with Crippen molar-refractivity contribution in [3.05, 3.63) is 42.2 Å². The maximum atomic E-state index is 13.8. The number of hydrogen-bond donors (Lipinski definition) is 0. The highest BCUT2D eigenvalue weighted by atomic mass is 19.1. The minimum Gasteiger partial charge on any atom is -0.490 e. The van der Waals surface area contributed by atoms with Gasteiger partial charge in [0.2, 0.25) is 0 Å². The SMILES string of the molecule is CCCCCCCCCCCCc1ccc(-c2ncc(OCCC(F)CC(F)CCC)cn2)cc1. The third-order valence-corrected chi connectivity index (χ3v) is 6.47. The Balaban J connectivity index is 1.62. The number of benzene rings is 1. The highest BCUT2D eigenvalue weighted by Crippen LogP contribution is 2.20. The van der Waals surface area contributed by atoms with Crippen LogP contribution in [0.4, 0.5) is 8.78 Å². The Labute approximate surface area is 212 Å². The molecule has 1 aromatic heterocycles. The Morgan fingerprint density at radius 1 is 0.714 bits per heavy atom. The van der Waals surface area contributed by atoms with Gasteiger partial charge in [-0.05, 0) is 24.8 Å². The molecule has 0 saturated carbocycles. The van der Waals surface area contributed by atoms with Crippen molar-refractivity contribution in [2.24, 2.45) is 0 Å². The molecule has 3 nitrogen and oxygen atoms in total. The van der Waals surface area contributed by atoms with E-state index in [9.17, 15) is 8.78 Å². The highest BCUT2D eigenvalue weighted by Gasteiger charge is 2.14. The molecular weight excluding hydrogens is 442 g/mol. The van der Waals surface area contributed by atoms with Crippen LogP contribution in [0.15, 0.2) is 36.7 Å². The standard InChI is InChI=1S/C30H46F2N2O/c1-3-5-6-7-8-9-10-11-12-13-15-25-16-18-26(19-17-25)30-33-23-29(24-34-30)35-21-20-28(32)22-27(31)14-4-2/h16-19,23-24,27-28H,3-15,20-22H2,1-2H3. The summed E-state index contributed by atoms with van der Waals surface area (Å²) in [5.74, 6) is 1.15. The number of aryl methyl sites for hydroxylation is 1. The van der Waals surface area contributed by atoms with Gasteiger partial charge in [-0.1, -0.05) is 102 Å². The van der Waals surface area contributed by atoms with Crippen molar-refractivity contribution < 1.29 is 13.5 Å². The summed E-state index contributed by atoms with van der Waals surface area (Å²) in [5, 5.41) is 0. The normalized spacial score (nSPS) is 13.0. The number of ether oxygens (including phenoxy) is 1. The van der Waals surface area contributed by atoms with E-state index in [1.165, 1.54) is 69.8 Å². The van der Waals surface area contributed by atoms with Crippen LogP contribution in [-0.2, 0) is 6.42 Å². The van der Waals surface area contributed by atoms with Gasteiger partial charge in [-0.25, -0.2) is 18.7 Å². The number of hydrogen-bond acceptors (Lipinski definition) is 3. The van der Waals surface area contributed by atoms with Gasteiger partial charge in [0.15, 0.2) is 11.6 Å². The number of alkyl halides is 2. The Morgan fingerprint density at radius 2 is 1.29 bits per heavy atom. The number of nitrogens with zero attached hydrogens (tertiary/aromatic N) is 2. The Hall–Kier alpha value is -2.04. The van der Waals surface area contributed by atoms with Gasteiger partial charge in [-0.2, -0.15) is 0 Å². The molecule has 0 radical (unpaired) electrons. The van der Waals surface area contributed by atoms with Crippen LogP contribution in [0.25, 0.3) is 11.4 Å². The molecule has 2 rings (SSSR count). The smallest absolute Gasteiger partial charge is 0.159 e. The molecule has 0 aliphatic rings. The first-order chi connectivity index (χ1) is 17.1. The zero-order chi connectivity index (χ0) is 25.1. The molecule has 0 spiro atoms. The molecule has 2 unspecified atom stereocenters. The first kappa shape index (κ1) is 29.2. The van der Waals surface area contributed by atoms with Crippen LogP contribution in [0.5, 0.6) is 5.75 Å². The highest BCUT2D eigenvalue weighted by molar-refractivity contribution is 5.55. The van der Waals surface area contributed by atoms with Gasteiger partial charge in [0, 0.05) is 18.4 Å². The zero-order valence-electron chi connectivity index (χ0n) is 22.0. The number of unbranched alkanes of at least 4 members (excludes halogenated alkanes) is 9. The second kappa shape index (κ2) is 18.3. The van der Waals surface area contributed by atoms with Crippen molar-refractivity contribution in [1.29, 1.82) is 0 Å². The Kier molecular flexibility index (Phi) is 15.2. The maximum absolute atomic E-state index is 13.8. The molecule has 0 fully saturated rings. The van der Waals surface area contributed by atoms with Gasteiger partial charge in [0.1, 0.15) is 12.3 Å². The molecule has 1 aromatic carbocycles. The number of halogens is 2. The molecular formula is C30H46F2N2O. The molecule has 5 heteroatoms. The summed E-state index contributed by atoms with van der Waals surface area (Å²) in [7, 11) is 0. The third-order valence-electron chi connectivity index (χ3n) is 6.47. The fourth-order valence-corrected chi connectivity index (χ4v) is 4.31. The van der Waals surface area contributed by atoms with Crippen LogP contribution in [0, 0.1) is 0 Å². The Morgan fingerprint density at radius 3 is 1.89 bits per heavy atom. The minimum absolute atomic E-state index is 0.0537. The van der Waals surface area contributed by atoms with Crippen LogP contribution in [0.1, 0.15) is 109 Å². The summed E-state index contributed by atoms with van der Waals surface area (Å²) in [5.41, 5.74) is 2.32. The summed E-state index contributed by atoms with van der Waals surface area (Å²) in [6.07, 6.45) is 16.9. The van der Waals surface area contributed by atoms with Crippen molar-refractivity contribution >= 4 is 0 Å². The maximum Gasteiger partial charge on any atom is 0.159 e.